The van der Waals surface area contributed by atoms with Gasteiger partial charge < -0.3 is 10.2 Å². The highest BCUT2D eigenvalue weighted by Crippen LogP contribution is 2.27. The highest BCUT2D eigenvalue weighted by molar-refractivity contribution is 7.07. The van der Waals surface area contributed by atoms with E-state index in [-0.39, 0.29) is 0 Å². The maximum Gasteiger partial charge on any atom is 0.0227 e. The van der Waals surface area contributed by atoms with E-state index in [9.17, 15) is 0 Å². The highest BCUT2D eigenvalue weighted by Gasteiger charge is 2.33. The van der Waals surface area contributed by atoms with Crippen LogP contribution in [0.3, 0.4) is 0 Å². The minimum atomic E-state index is 0.743. The average Bonchev–Trinajstić information content (AvgIpc) is 2.81. The molecule has 15 heavy (non-hydrogen) atoms. The molecule has 0 amide bonds. The Labute approximate surface area is 95.3 Å². The summed E-state index contributed by atoms with van der Waals surface area (Å²) < 4.78 is 0. The molecule has 82 valence electrons. The van der Waals surface area contributed by atoms with Crippen molar-refractivity contribution in [1.82, 2.24) is 10.2 Å². The minimum absolute atomic E-state index is 0.743. The van der Waals surface area contributed by atoms with Crippen molar-refractivity contribution >= 4 is 11.3 Å². The van der Waals surface area contributed by atoms with E-state index in [2.05, 4.69) is 27.0 Å². The predicted octanol–water partition coefficient (Wildman–Crippen LogP) is 1.93. The summed E-state index contributed by atoms with van der Waals surface area (Å²) in [5.74, 6) is 0.939. The van der Waals surface area contributed by atoms with Crippen LogP contribution in [0.2, 0.25) is 0 Å². The summed E-state index contributed by atoms with van der Waals surface area (Å²) in [5, 5.41) is 8.13. The molecule has 1 aromatic rings. The largest absolute Gasteiger partial charge is 0.308 e. The van der Waals surface area contributed by atoms with E-state index in [1.54, 1.807) is 11.3 Å². The Bertz CT molecular complexity index is 301. The molecule has 0 radical (unpaired) electrons. The molecule has 2 nitrogen and oxygen atoms in total. The van der Waals surface area contributed by atoms with E-state index >= 15 is 0 Å². The molecule has 2 bridgehead atoms. The summed E-state index contributed by atoms with van der Waals surface area (Å²) in [6.45, 7) is 5.00. The maximum absolute atomic E-state index is 3.72. The molecule has 3 aliphatic rings. The molecule has 0 aliphatic carbocycles. The summed E-state index contributed by atoms with van der Waals surface area (Å²) in [5.41, 5.74) is 1.44. The van der Waals surface area contributed by atoms with Gasteiger partial charge in [-0.3, -0.25) is 0 Å². The summed E-state index contributed by atoms with van der Waals surface area (Å²) in [4.78, 5) is 2.60. The number of piperidine rings is 3. The molecule has 1 aromatic heterocycles. The van der Waals surface area contributed by atoms with Crippen LogP contribution in [0, 0.1) is 5.92 Å². The molecule has 3 heteroatoms. The van der Waals surface area contributed by atoms with Crippen LogP contribution in [0.15, 0.2) is 16.8 Å². The van der Waals surface area contributed by atoms with Gasteiger partial charge in [-0.1, -0.05) is 0 Å². The zero-order valence-electron chi connectivity index (χ0n) is 8.98. The van der Waals surface area contributed by atoms with Gasteiger partial charge in [0.2, 0.25) is 0 Å². The standard InChI is InChI=1S/C12H18N2S/c1-4-14-5-2-11(1)12(8-14)13-7-10-3-6-15-9-10/h3,6,9,11-13H,1-2,4-5,7-8H2/t12-/m0/s1. The Hall–Kier alpha value is -0.380. The van der Waals surface area contributed by atoms with E-state index in [0.717, 1.165) is 18.5 Å². The lowest BCUT2D eigenvalue weighted by Gasteiger charge is -2.45. The zero-order chi connectivity index (χ0) is 10.1. The molecule has 4 heterocycles. The van der Waals surface area contributed by atoms with E-state index in [0.29, 0.717) is 0 Å². The number of hydrogen-bond acceptors (Lipinski definition) is 3. The average molecular weight is 222 g/mol. The first-order valence-electron chi connectivity index (χ1n) is 5.88. The zero-order valence-corrected chi connectivity index (χ0v) is 9.80. The highest BCUT2D eigenvalue weighted by atomic mass is 32.1. The van der Waals surface area contributed by atoms with Gasteiger partial charge in [0.15, 0.2) is 0 Å². The van der Waals surface area contributed by atoms with Crippen LogP contribution in [0.4, 0.5) is 0 Å². The minimum Gasteiger partial charge on any atom is -0.308 e. The Kier molecular flexibility index (Phi) is 2.77. The molecular weight excluding hydrogens is 204 g/mol. The van der Waals surface area contributed by atoms with E-state index in [1.807, 2.05) is 0 Å². The molecule has 4 rings (SSSR count). The number of nitrogens with zero attached hydrogens (tertiary/aromatic N) is 1. The van der Waals surface area contributed by atoms with E-state index < -0.39 is 0 Å². The van der Waals surface area contributed by atoms with Crippen molar-refractivity contribution in [3.8, 4) is 0 Å². The monoisotopic (exact) mass is 222 g/mol. The van der Waals surface area contributed by atoms with Gasteiger partial charge in [0.1, 0.15) is 0 Å². The third kappa shape index (κ3) is 2.10. The van der Waals surface area contributed by atoms with Crippen LogP contribution in [-0.2, 0) is 6.54 Å². The SMILES string of the molecule is c1cc(CN[C@H]2CN3CCC2CC3)cs1. The van der Waals surface area contributed by atoms with Crippen molar-refractivity contribution in [2.24, 2.45) is 5.92 Å². The molecule has 3 saturated heterocycles. The van der Waals surface area contributed by atoms with Crippen LogP contribution in [-0.4, -0.2) is 30.6 Å². The first-order valence-corrected chi connectivity index (χ1v) is 6.83. The first kappa shape index (κ1) is 9.82. The third-order valence-corrected chi connectivity index (χ3v) is 4.54. The fraction of sp³-hybridized carbons (Fsp3) is 0.667. The molecule has 3 aliphatic heterocycles. The Morgan fingerprint density at radius 3 is 2.87 bits per heavy atom. The van der Waals surface area contributed by atoms with Gasteiger partial charge in [0.25, 0.3) is 0 Å². The molecule has 0 aromatic carbocycles. The third-order valence-electron chi connectivity index (χ3n) is 3.80. The van der Waals surface area contributed by atoms with Gasteiger partial charge in [-0.2, -0.15) is 11.3 Å². The van der Waals surface area contributed by atoms with Crippen molar-refractivity contribution in [3.63, 3.8) is 0 Å². The predicted molar refractivity (Wildman–Crippen MR) is 64.1 cm³/mol. The van der Waals surface area contributed by atoms with E-state index in [1.165, 1.54) is 38.0 Å². The number of nitrogens with one attached hydrogen (secondary N) is 1. The summed E-state index contributed by atoms with van der Waals surface area (Å²) in [6, 6.07) is 2.96. The van der Waals surface area contributed by atoms with Gasteiger partial charge >= 0.3 is 0 Å². The van der Waals surface area contributed by atoms with Crippen LogP contribution >= 0.6 is 11.3 Å². The van der Waals surface area contributed by atoms with Crippen molar-refractivity contribution < 1.29 is 0 Å². The van der Waals surface area contributed by atoms with Gasteiger partial charge in [0, 0.05) is 19.1 Å². The first-order chi connectivity index (χ1) is 7.42. The van der Waals surface area contributed by atoms with Gasteiger partial charge in [-0.15, -0.1) is 0 Å². The van der Waals surface area contributed by atoms with Gasteiger partial charge in [-0.05, 0) is 54.2 Å². The Balaban J connectivity index is 1.55. The fourth-order valence-corrected chi connectivity index (χ4v) is 3.51. The lowest BCUT2D eigenvalue weighted by atomic mass is 9.84. The molecule has 0 spiro atoms. The van der Waals surface area contributed by atoms with Gasteiger partial charge in [-0.25, -0.2) is 0 Å². The second-order valence-corrected chi connectivity index (χ2v) is 5.54. The Morgan fingerprint density at radius 2 is 2.27 bits per heavy atom. The summed E-state index contributed by atoms with van der Waals surface area (Å²) in [6.07, 6.45) is 2.81. The maximum atomic E-state index is 3.72. The lowest BCUT2D eigenvalue weighted by Crippen LogP contribution is -2.55. The van der Waals surface area contributed by atoms with Crippen molar-refractivity contribution in [1.29, 1.82) is 0 Å². The summed E-state index contributed by atoms with van der Waals surface area (Å²) in [7, 11) is 0. The topological polar surface area (TPSA) is 15.3 Å². The smallest absolute Gasteiger partial charge is 0.0227 e. The second-order valence-electron chi connectivity index (χ2n) is 4.76. The molecule has 0 saturated carbocycles. The second kappa shape index (κ2) is 4.24. The number of rotatable bonds is 3. The molecule has 1 atom stereocenters. The number of fused-ring (bicyclic) bond motifs is 3. The van der Waals surface area contributed by atoms with Crippen molar-refractivity contribution in [2.75, 3.05) is 19.6 Å². The molecular formula is C12H18N2S. The van der Waals surface area contributed by atoms with Crippen LogP contribution < -0.4 is 5.32 Å². The molecule has 1 N–H and O–H groups in total. The van der Waals surface area contributed by atoms with E-state index in [4.69, 9.17) is 0 Å². The number of hydrogen-bond donors (Lipinski definition) is 1. The van der Waals surface area contributed by atoms with Crippen molar-refractivity contribution in [3.05, 3.63) is 22.4 Å². The van der Waals surface area contributed by atoms with Crippen LogP contribution in [0.1, 0.15) is 18.4 Å². The normalized spacial score (nSPS) is 34.5. The fourth-order valence-electron chi connectivity index (χ4n) is 2.84. The number of thiophene rings is 1. The van der Waals surface area contributed by atoms with Crippen molar-refractivity contribution in [2.45, 2.75) is 25.4 Å². The summed E-state index contributed by atoms with van der Waals surface area (Å²) >= 11 is 1.79. The quantitative estimate of drug-likeness (QED) is 0.840. The van der Waals surface area contributed by atoms with Crippen LogP contribution in [0.5, 0.6) is 0 Å². The van der Waals surface area contributed by atoms with Gasteiger partial charge in [0.05, 0.1) is 0 Å². The molecule has 0 unspecified atom stereocenters. The lowest BCUT2D eigenvalue weighted by molar-refractivity contribution is 0.0720. The van der Waals surface area contributed by atoms with Crippen LogP contribution in [0.25, 0.3) is 0 Å². The molecule has 3 fully saturated rings. The Morgan fingerprint density at radius 1 is 1.40 bits per heavy atom.